The minimum atomic E-state index is -0.448. The molecule has 2 N–H and O–H groups in total. The maximum atomic E-state index is 11.9. The van der Waals surface area contributed by atoms with Gasteiger partial charge in [0, 0.05) is 14.8 Å². The highest BCUT2D eigenvalue weighted by atomic mass is 35.5. The van der Waals surface area contributed by atoms with Crippen LogP contribution in [0.5, 0.6) is 5.75 Å². The Labute approximate surface area is 172 Å². The second-order valence-electron chi connectivity index (χ2n) is 5.65. The molecule has 28 heavy (non-hydrogen) atoms. The molecule has 3 rings (SSSR count). The van der Waals surface area contributed by atoms with Crippen molar-refractivity contribution in [3.63, 3.8) is 0 Å². The van der Waals surface area contributed by atoms with Crippen LogP contribution >= 0.6 is 23.4 Å². The van der Waals surface area contributed by atoms with Gasteiger partial charge in [-0.2, -0.15) is 5.10 Å². The van der Waals surface area contributed by atoms with E-state index in [4.69, 9.17) is 16.3 Å². The number of benzene rings is 3. The maximum absolute atomic E-state index is 11.9. The maximum Gasteiger partial charge on any atom is 0.339 e. The molecule has 0 fully saturated rings. The number of rotatable bonds is 6. The van der Waals surface area contributed by atoms with E-state index in [0.717, 1.165) is 20.4 Å². The van der Waals surface area contributed by atoms with Crippen molar-refractivity contribution >= 4 is 41.3 Å². The zero-order valence-corrected chi connectivity index (χ0v) is 16.6. The van der Waals surface area contributed by atoms with Crippen LogP contribution in [0, 0.1) is 0 Å². The van der Waals surface area contributed by atoms with Crippen molar-refractivity contribution in [3.8, 4) is 5.75 Å². The third-order valence-corrected chi connectivity index (χ3v) is 4.93. The average Bonchev–Trinajstić information content (AvgIpc) is 2.71. The Balaban J connectivity index is 1.52. The fourth-order valence-electron chi connectivity index (χ4n) is 2.32. The van der Waals surface area contributed by atoms with Crippen molar-refractivity contribution in [2.45, 2.75) is 9.79 Å². The standard InChI is InChI=1S/C21H18ClN3O2S/c1-27-20-5-3-2-4-19(20)24-21(26)25-23-14-15-6-10-17(11-7-15)28-18-12-8-16(22)9-13-18/h2-14H,1H3,(H2,24,25,26)/b23-14+. The molecule has 7 heteroatoms. The molecular weight excluding hydrogens is 394 g/mol. The molecule has 0 aliphatic heterocycles. The Hall–Kier alpha value is -2.96. The van der Waals surface area contributed by atoms with Crippen molar-refractivity contribution in [2.75, 3.05) is 12.4 Å². The number of amides is 2. The van der Waals surface area contributed by atoms with Gasteiger partial charge in [-0.05, 0) is 54.1 Å². The summed E-state index contributed by atoms with van der Waals surface area (Å²) >= 11 is 7.55. The molecule has 5 nitrogen and oxygen atoms in total. The van der Waals surface area contributed by atoms with E-state index in [1.807, 2.05) is 60.7 Å². The topological polar surface area (TPSA) is 62.7 Å². The van der Waals surface area contributed by atoms with Crippen LogP contribution in [-0.4, -0.2) is 19.4 Å². The quantitative estimate of drug-likeness (QED) is 0.406. The highest BCUT2D eigenvalue weighted by Crippen LogP contribution is 2.28. The lowest BCUT2D eigenvalue weighted by atomic mass is 10.2. The molecule has 0 aliphatic rings. The third kappa shape index (κ3) is 5.77. The number of carbonyl (C=O) groups is 1. The van der Waals surface area contributed by atoms with E-state index in [2.05, 4.69) is 15.8 Å². The van der Waals surface area contributed by atoms with Crippen molar-refractivity contribution in [1.29, 1.82) is 0 Å². The number of anilines is 1. The molecular formula is C21H18ClN3O2S. The predicted octanol–water partition coefficient (Wildman–Crippen LogP) is 5.66. The molecule has 0 aliphatic carbocycles. The average molecular weight is 412 g/mol. The lowest BCUT2D eigenvalue weighted by Crippen LogP contribution is -2.24. The van der Waals surface area contributed by atoms with Gasteiger partial charge < -0.3 is 10.1 Å². The summed E-state index contributed by atoms with van der Waals surface area (Å²) in [5.41, 5.74) is 3.88. The van der Waals surface area contributed by atoms with Crippen LogP contribution in [0.3, 0.4) is 0 Å². The molecule has 0 bridgehead atoms. The normalized spacial score (nSPS) is 10.6. The van der Waals surface area contributed by atoms with E-state index in [1.165, 1.54) is 0 Å². The molecule has 3 aromatic rings. The second-order valence-corrected chi connectivity index (χ2v) is 7.23. The van der Waals surface area contributed by atoms with Gasteiger partial charge in [-0.3, -0.25) is 0 Å². The lowest BCUT2D eigenvalue weighted by molar-refractivity contribution is 0.252. The van der Waals surface area contributed by atoms with Gasteiger partial charge in [-0.15, -0.1) is 0 Å². The molecule has 0 radical (unpaired) electrons. The van der Waals surface area contributed by atoms with Crippen molar-refractivity contribution in [2.24, 2.45) is 5.10 Å². The van der Waals surface area contributed by atoms with Gasteiger partial charge in [0.25, 0.3) is 0 Å². The number of hydrogen-bond donors (Lipinski definition) is 2. The summed E-state index contributed by atoms with van der Waals surface area (Å²) in [5.74, 6) is 0.579. The van der Waals surface area contributed by atoms with E-state index in [-0.39, 0.29) is 0 Å². The SMILES string of the molecule is COc1ccccc1NC(=O)N/N=C/c1ccc(Sc2ccc(Cl)cc2)cc1. The molecule has 3 aromatic carbocycles. The van der Waals surface area contributed by atoms with Crippen molar-refractivity contribution in [3.05, 3.63) is 83.4 Å². The molecule has 0 saturated carbocycles. The van der Waals surface area contributed by atoms with E-state index >= 15 is 0 Å². The molecule has 0 aromatic heterocycles. The van der Waals surface area contributed by atoms with Crippen LogP contribution in [0.25, 0.3) is 0 Å². The van der Waals surface area contributed by atoms with Crippen molar-refractivity contribution < 1.29 is 9.53 Å². The van der Waals surface area contributed by atoms with Crippen LogP contribution < -0.4 is 15.5 Å². The molecule has 2 amide bonds. The number of urea groups is 1. The highest BCUT2D eigenvalue weighted by molar-refractivity contribution is 7.99. The number of nitrogens with one attached hydrogen (secondary N) is 2. The van der Waals surface area contributed by atoms with Crippen LogP contribution in [0.2, 0.25) is 5.02 Å². The first-order valence-corrected chi connectivity index (χ1v) is 9.60. The largest absolute Gasteiger partial charge is 0.495 e. The summed E-state index contributed by atoms with van der Waals surface area (Å²) in [5, 5.41) is 7.37. The minimum absolute atomic E-state index is 0.448. The first-order valence-electron chi connectivity index (χ1n) is 8.40. The summed E-state index contributed by atoms with van der Waals surface area (Å²) in [4.78, 5) is 14.2. The summed E-state index contributed by atoms with van der Waals surface area (Å²) in [6, 6.07) is 22.3. The first kappa shape index (κ1) is 19.8. The number of halogens is 1. The Kier molecular flexibility index (Phi) is 6.94. The monoisotopic (exact) mass is 411 g/mol. The molecule has 0 saturated heterocycles. The highest BCUT2D eigenvalue weighted by Gasteiger charge is 2.05. The number of carbonyl (C=O) groups excluding carboxylic acids is 1. The van der Waals surface area contributed by atoms with Gasteiger partial charge in [0.15, 0.2) is 0 Å². The summed E-state index contributed by atoms with van der Waals surface area (Å²) in [6.45, 7) is 0. The minimum Gasteiger partial charge on any atom is -0.495 e. The number of methoxy groups -OCH3 is 1. The number of hydrogen-bond acceptors (Lipinski definition) is 4. The van der Waals surface area contributed by atoms with Crippen LogP contribution in [0.15, 0.2) is 87.7 Å². The Morgan fingerprint density at radius 2 is 1.64 bits per heavy atom. The third-order valence-electron chi connectivity index (χ3n) is 3.66. The van der Waals surface area contributed by atoms with E-state index in [9.17, 15) is 4.79 Å². The lowest BCUT2D eigenvalue weighted by Gasteiger charge is -2.08. The van der Waals surface area contributed by atoms with Crippen molar-refractivity contribution in [1.82, 2.24) is 5.43 Å². The Morgan fingerprint density at radius 3 is 2.32 bits per heavy atom. The van der Waals surface area contributed by atoms with Gasteiger partial charge in [-0.1, -0.05) is 47.6 Å². The van der Waals surface area contributed by atoms with Gasteiger partial charge in [0.2, 0.25) is 0 Å². The fraction of sp³-hybridized carbons (Fsp3) is 0.0476. The first-order chi connectivity index (χ1) is 13.6. The fourth-order valence-corrected chi connectivity index (χ4v) is 3.27. The molecule has 0 spiro atoms. The second kappa shape index (κ2) is 9.82. The smallest absolute Gasteiger partial charge is 0.339 e. The van der Waals surface area contributed by atoms with Gasteiger partial charge in [0.1, 0.15) is 5.75 Å². The van der Waals surface area contributed by atoms with Crippen LogP contribution in [0.4, 0.5) is 10.5 Å². The number of ether oxygens (including phenoxy) is 1. The van der Waals surface area contributed by atoms with Crippen LogP contribution in [0.1, 0.15) is 5.56 Å². The summed E-state index contributed by atoms with van der Waals surface area (Å²) < 4.78 is 5.19. The van der Waals surface area contributed by atoms with Gasteiger partial charge in [0.05, 0.1) is 19.0 Å². The number of nitrogens with zero attached hydrogens (tertiary/aromatic N) is 1. The molecule has 0 unspecified atom stereocenters. The zero-order chi connectivity index (χ0) is 19.8. The Morgan fingerprint density at radius 1 is 1.00 bits per heavy atom. The molecule has 142 valence electrons. The van der Waals surface area contributed by atoms with Gasteiger partial charge in [-0.25, -0.2) is 10.2 Å². The van der Waals surface area contributed by atoms with E-state index < -0.39 is 6.03 Å². The summed E-state index contributed by atoms with van der Waals surface area (Å²) in [7, 11) is 1.55. The number of para-hydroxylation sites is 2. The van der Waals surface area contributed by atoms with E-state index in [0.29, 0.717) is 11.4 Å². The van der Waals surface area contributed by atoms with E-state index in [1.54, 1.807) is 37.2 Å². The van der Waals surface area contributed by atoms with Crippen LogP contribution in [-0.2, 0) is 0 Å². The zero-order valence-electron chi connectivity index (χ0n) is 15.1. The predicted molar refractivity (Wildman–Crippen MR) is 115 cm³/mol. The number of hydrazone groups is 1. The molecule has 0 atom stereocenters. The molecule has 0 heterocycles. The summed E-state index contributed by atoms with van der Waals surface area (Å²) in [6.07, 6.45) is 1.58. The van der Waals surface area contributed by atoms with Gasteiger partial charge >= 0.3 is 6.03 Å². The Bertz CT molecular complexity index is 960.